The van der Waals surface area contributed by atoms with Gasteiger partial charge >= 0.3 is 5.97 Å². The number of nitrogens with one attached hydrogen (secondary N) is 1. The molecule has 0 aromatic rings. The predicted octanol–water partition coefficient (Wildman–Crippen LogP) is 1.49. The molecule has 0 bridgehead atoms. The molecule has 2 N–H and O–H groups in total. The van der Waals surface area contributed by atoms with Gasteiger partial charge in [-0.05, 0) is 25.2 Å². The van der Waals surface area contributed by atoms with Crippen LogP contribution in [0.15, 0.2) is 0 Å². The van der Waals surface area contributed by atoms with E-state index in [2.05, 4.69) is 5.32 Å². The largest absolute Gasteiger partial charge is 0.481 e. The highest BCUT2D eigenvalue weighted by atomic mass is 16.4. The van der Waals surface area contributed by atoms with Crippen LogP contribution in [0.5, 0.6) is 0 Å². The zero-order valence-corrected chi connectivity index (χ0v) is 14.1. The second-order valence-electron chi connectivity index (χ2n) is 6.89. The molecule has 3 atom stereocenters. The summed E-state index contributed by atoms with van der Waals surface area (Å²) < 4.78 is 0. The number of carbonyl (C=O) groups excluding carboxylic acids is 2. The average Bonchev–Trinajstić information content (AvgIpc) is 2.76. The van der Waals surface area contributed by atoms with Gasteiger partial charge in [-0.3, -0.25) is 14.4 Å². The van der Waals surface area contributed by atoms with Crippen molar-refractivity contribution in [3.63, 3.8) is 0 Å². The van der Waals surface area contributed by atoms with Crippen LogP contribution in [0.2, 0.25) is 0 Å². The van der Waals surface area contributed by atoms with Crippen molar-refractivity contribution in [3.05, 3.63) is 0 Å². The van der Waals surface area contributed by atoms with Gasteiger partial charge in [-0.15, -0.1) is 0 Å². The quantitative estimate of drug-likeness (QED) is 0.778. The lowest BCUT2D eigenvalue weighted by Crippen LogP contribution is -2.52. The number of nitrogens with zero attached hydrogens (tertiary/aromatic N) is 1. The van der Waals surface area contributed by atoms with Crippen LogP contribution in [-0.4, -0.2) is 46.4 Å². The minimum atomic E-state index is -0.868. The molecule has 0 aromatic carbocycles. The molecule has 1 rings (SSSR count). The molecule has 2 amide bonds. The monoisotopic (exact) mass is 312 g/mol. The molecule has 1 saturated heterocycles. The summed E-state index contributed by atoms with van der Waals surface area (Å²) in [6.45, 7) is 9.86. The van der Waals surface area contributed by atoms with Gasteiger partial charge in [0.05, 0.1) is 5.92 Å². The van der Waals surface area contributed by atoms with E-state index in [0.29, 0.717) is 19.4 Å². The van der Waals surface area contributed by atoms with Gasteiger partial charge in [-0.25, -0.2) is 0 Å². The van der Waals surface area contributed by atoms with Crippen molar-refractivity contribution >= 4 is 17.8 Å². The fourth-order valence-corrected chi connectivity index (χ4v) is 2.88. The van der Waals surface area contributed by atoms with Gasteiger partial charge in [0.2, 0.25) is 11.8 Å². The first kappa shape index (κ1) is 18.5. The van der Waals surface area contributed by atoms with Gasteiger partial charge in [0, 0.05) is 19.0 Å². The molecule has 6 heteroatoms. The molecule has 3 unspecified atom stereocenters. The summed E-state index contributed by atoms with van der Waals surface area (Å²) in [5.41, 5.74) is 0. The number of rotatable bonds is 6. The number of aliphatic carboxylic acids is 1. The van der Waals surface area contributed by atoms with Gasteiger partial charge < -0.3 is 15.3 Å². The van der Waals surface area contributed by atoms with Gasteiger partial charge in [0.1, 0.15) is 6.04 Å². The summed E-state index contributed by atoms with van der Waals surface area (Å²) in [5, 5.41) is 12.0. The predicted molar refractivity (Wildman–Crippen MR) is 83.1 cm³/mol. The molecule has 0 aliphatic carbocycles. The van der Waals surface area contributed by atoms with Crippen molar-refractivity contribution < 1.29 is 19.5 Å². The third-order valence-electron chi connectivity index (χ3n) is 4.20. The summed E-state index contributed by atoms with van der Waals surface area (Å²) >= 11 is 0. The molecule has 126 valence electrons. The van der Waals surface area contributed by atoms with Crippen molar-refractivity contribution in [2.24, 2.45) is 17.8 Å². The Hall–Kier alpha value is -1.59. The highest BCUT2D eigenvalue weighted by molar-refractivity contribution is 5.89. The first-order valence-electron chi connectivity index (χ1n) is 7.97. The Kier molecular flexibility index (Phi) is 6.38. The van der Waals surface area contributed by atoms with Gasteiger partial charge in [-0.2, -0.15) is 0 Å². The van der Waals surface area contributed by atoms with E-state index >= 15 is 0 Å². The number of likely N-dealkylation sites (tertiary alicyclic amines) is 1. The Morgan fingerprint density at radius 1 is 1.23 bits per heavy atom. The Bertz CT molecular complexity index is 434. The molecule has 1 heterocycles. The number of carboxylic acids is 1. The normalized spacial score (nSPS) is 23.0. The Morgan fingerprint density at radius 2 is 1.82 bits per heavy atom. The third-order valence-corrected chi connectivity index (χ3v) is 4.20. The lowest BCUT2D eigenvalue weighted by atomic mass is 9.99. The second kappa shape index (κ2) is 7.61. The minimum absolute atomic E-state index is 0.0420. The maximum Gasteiger partial charge on any atom is 0.308 e. The molecular formula is C16H28N2O4. The molecule has 1 aliphatic heterocycles. The van der Waals surface area contributed by atoms with E-state index in [1.165, 1.54) is 0 Å². The van der Waals surface area contributed by atoms with E-state index in [4.69, 9.17) is 5.11 Å². The summed E-state index contributed by atoms with van der Waals surface area (Å²) in [7, 11) is 0. The van der Waals surface area contributed by atoms with Crippen molar-refractivity contribution in [1.29, 1.82) is 0 Å². The maximum absolute atomic E-state index is 12.7. The van der Waals surface area contributed by atoms with E-state index in [1.807, 2.05) is 27.7 Å². The maximum atomic E-state index is 12.7. The van der Waals surface area contributed by atoms with Crippen molar-refractivity contribution in [3.8, 4) is 0 Å². The summed E-state index contributed by atoms with van der Waals surface area (Å²) in [6, 6.07) is -0.936. The standard InChI is InChI=1S/C16H28N2O4/c1-9(2)8-13(19)17-14(10(3)4)15(20)18-7-6-12(11(18)5)16(21)22/h9-12,14H,6-8H2,1-5H3,(H,17,19)(H,21,22). The highest BCUT2D eigenvalue weighted by Gasteiger charge is 2.41. The van der Waals surface area contributed by atoms with Crippen LogP contribution in [0.25, 0.3) is 0 Å². The van der Waals surface area contributed by atoms with Gasteiger partial charge in [0.15, 0.2) is 0 Å². The van der Waals surface area contributed by atoms with Crippen LogP contribution in [0.3, 0.4) is 0 Å². The second-order valence-corrected chi connectivity index (χ2v) is 6.89. The highest BCUT2D eigenvalue weighted by Crippen LogP contribution is 2.26. The number of hydrogen-bond donors (Lipinski definition) is 2. The van der Waals surface area contributed by atoms with Gasteiger partial charge in [-0.1, -0.05) is 27.7 Å². The molecule has 1 fully saturated rings. The fourth-order valence-electron chi connectivity index (χ4n) is 2.88. The van der Waals surface area contributed by atoms with Crippen LogP contribution < -0.4 is 5.32 Å². The Balaban J connectivity index is 2.78. The Labute approximate surface area is 132 Å². The molecule has 6 nitrogen and oxygen atoms in total. The third kappa shape index (κ3) is 4.45. The molecule has 0 saturated carbocycles. The van der Waals surface area contributed by atoms with E-state index in [-0.39, 0.29) is 29.7 Å². The van der Waals surface area contributed by atoms with Crippen LogP contribution in [0.4, 0.5) is 0 Å². The lowest BCUT2D eigenvalue weighted by Gasteiger charge is -2.30. The van der Waals surface area contributed by atoms with E-state index in [1.54, 1.807) is 11.8 Å². The van der Waals surface area contributed by atoms with Crippen molar-refractivity contribution in [2.45, 2.75) is 59.5 Å². The van der Waals surface area contributed by atoms with Gasteiger partial charge in [0.25, 0.3) is 0 Å². The van der Waals surface area contributed by atoms with E-state index in [0.717, 1.165) is 0 Å². The summed E-state index contributed by atoms with van der Waals surface area (Å²) in [6.07, 6.45) is 0.844. The molecule has 0 radical (unpaired) electrons. The number of carboxylic acid groups (broad SMARTS) is 1. The fraction of sp³-hybridized carbons (Fsp3) is 0.812. The molecular weight excluding hydrogens is 284 g/mol. The molecule has 0 spiro atoms. The lowest BCUT2D eigenvalue weighted by molar-refractivity contribution is -0.144. The molecule has 0 aromatic heterocycles. The smallest absolute Gasteiger partial charge is 0.308 e. The zero-order valence-electron chi connectivity index (χ0n) is 14.1. The van der Waals surface area contributed by atoms with E-state index in [9.17, 15) is 14.4 Å². The first-order valence-corrected chi connectivity index (χ1v) is 7.97. The topological polar surface area (TPSA) is 86.7 Å². The molecule has 22 heavy (non-hydrogen) atoms. The van der Waals surface area contributed by atoms with Crippen molar-refractivity contribution in [2.75, 3.05) is 6.54 Å². The number of amides is 2. The minimum Gasteiger partial charge on any atom is -0.481 e. The average molecular weight is 312 g/mol. The summed E-state index contributed by atoms with van der Waals surface area (Å²) in [5.74, 6) is -1.52. The Morgan fingerprint density at radius 3 is 2.23 bits per heavy atom. The van der Waals surface area contributed by atoms with Crippen LogP contribution >= 0.6 is 0 Å². The summed E-state index contributed by atoms with van der Waals surface area (Å²) in [4.78, 5) is 37.4. The van der Waals surface area contributed by atoms with Crippen LogP contribution in [0.1, 0.15) is 47.5 Å². The number of hydrogen-bond acceptors (Lipinski definition) is 3. The number of carbonyl (C=O) groups is 3. The first-order chi connectivity index (χ1) is 10.1. The SMILES string of the molecule is CC(C)CC(=O)NC(C(=O)N1CCC(C(=O)O)C1C)C(C)C. The zero-order chi connectivity index (χ0) is 17.0. The van der Waals surface area contributed by atoms with E-state index < -0.39 is 17.9 Å². The van der Waals surface area contributed by atoms with Crippen molar-refractivity contribution in [1.82, 2.24) is 10.2 Å². The van der Waals surface area contributed by atoms with Crippen LogP contribution in [-0.2, 0) is 14.4 Å². The molecule has 1 aliphatic rings. The van der Waals surface area contributed by atoms with Crippen LogP contribution in [0, 0.1) is 17.8 Å².